The number of amides is 1. The van der Waals surface area contributed by atoms with E-state index in [0.717, 1.165) is 32.1 Å². The molecular weight excluding hydrogens is 270 g/mol. The highest BCUT2D eigenvalue weighted by Crippen LogP contribution is 2.36. The number of likely N-dealkylation sites (N-methyl/N-ethyl adjacent to an activating group) is 1. The molecule has 1 saturated carbocycles. The molecule has 0 spiro atoms. The molecule has 0 atom stereocenters. The number of nitrogens with zero attached hydrogens (tertiary/aromatic N) is 1. The van der Waals surface area contributed by atoms with Crippen LogP contribution in [0, 0.1) is 0 Å². The average Bonchev–Trinajstić information content (AvgIpc) is 2.97. The van der Waals surface area contributed by atoms with Crippen LogP contribution in [-0.2, 0) is 9.59 Å². The fraction of sp³-hybridized carbons (Fsp3) is 0.500. The first-order valence-electron chi connectivity index (χ1n) is 7.25. The van der Waals surface area contributed by atoms with Crippen molar-refractivity contribution in [1.82, 2.24) is 4.90 Å². The molecule has 0 unspecified atom stereocenters. The Morgan fingerprint density at radius 3 is 2.67 bits per heavy atom. The van der Waals surface area contributed by atoms with E-state index in [4.69, 9.17) is 4.42 Å². The third-order valence-electron chi connectivity index (χ3n) is 4.24. The third kappa shape index (κ3) is 3.74. The average molecular weight is 291 g/mol. The number of aliphatic carboxylic acids is 1. The zero-order valence-electron chi connectivity index (χ0n) is 12.2. The van der Waals surface area contributed by atoms with Gasteiger partial charge >= 0.3 is 5.97 Å². The van der Waals surface area contributed by atoms with E-state index < -0.39 is 11.5 Å². The maximum Gasteiger partial charge on any atom is 0.305 e. The Hall–Kier alpha value is -2.04. The van der Waals surface area contributed by atoms with E-state index in [2.05, 4.69) is 0 Å². The lowest BCUT2D eigenvalue weighted by molar-refractivity contribution is -0.144. The second kappa shape index (κ2) is 6.61. The quantitative estimate of drug-likeness (QED) is 0.847. The van der Waals surface area contributed by atoms with Crippen LogP contribution in [0.2, 0.25) is 0 Å². The highest BCUT2D eigenvalue weighted by atomic mass is 16.4. The number of carboxylic acid groups (broad SMARTS) is 1. The van der Waals surface area contributed by atoms with Crippen LogP contribution >= 0.6 is 0 Å². The van der Waals surface area contributed by atoms with E-state index in [1.54, 1.807) is 36.4 Å². The predicted octanol–water partition coefficient (Wildman–Crippen LogP) is 2.93. The summed E-state index contributed by atoms with van der Waals surface area (Å²) >= 11 is 0. The fourth-order valence-electron chi connectivity index (χ4n) is 3.01. The van der Waals surface area contributed by atoms with Gasteiger partial charge in [-0.3, -0.25) is 9.59 Å². The summed E-state index contributed by atoms with van der Waals surface area (Å²) < 4.78 is 5.15. The molecule has 0 aromatic carbocycles. The Labute approximate surface area is 124 Å². The summed E-state index contributed by atoms with van der Waals surface area (Å²) in [4.78, 5) is 25.1. The molecule has 21 heavy (non-hydrogen) atoms. The molecule has 1 aromatic heterocycles. The summed E-state index contributed by atoms with van der Waals surface area (Å²) in [5, 5.41) is 9.17. The van der Waals surface area contributed by atoms with Gasteiger partial charge < -0.3 is 14.4 Å². The van der Waals surface area contributed by atoms with Crippen molar-refractivity contribution >= 4 is 18.0 Å². The minimum absolute atomic E-state index is 0.00380. The van der Waals surface area contributed by atoms with Gasteiger partial charge in [-0.2, -0.15) is 0 Å². The minimum Gasteiger partial charge on any atom is -0.481 e. The zero-order chi connectivity index (χ0) is 15.3. The molecule has 5 heteroatoms. The van der Waals surface area contributed by atoms with Crippen molar-refractivity contribution in [2.75, 3.05) is 7.05 Å². The highest BCUT2D eigenvalue weighted by Gasteiger charge is 2.39. The van der Waals surface area contributed by atoms with Crippen molar-refractivity contribution in [3.05, 3.63) is 30.2 Å². The second-order valence-corrected chi connectivity index (χ2v) is 5.60. The van der Waals surface area contributed by atoms with E-state index >= 15 is 0 Å². The number of hydrogen-bond donors (Lipinski definition) is 1. The maximum atomic E-state index is 12.3. The van der Waals surface area contributed by atoms with Gasteiger partial charge in [-0.25, -0.2) is 0 Å². The van der Waals surface area contributed by atoms with Crippen molar-refractivity contribution in [2.24, 2.45) is 0 Å². The van der Waals surface area contributed by atoms with Crippen LogP contribution in [0.15, 0.2) is 28.9 Å². The van der Waals surface area contributed by atoms with Crippen molar-refractivity contribution in [2.45, 2.75) is 44.1 Å². The smallest absolute Gasteiger partial charge is 0.305 e. The first-order chi connectivity index (χ1) is 10.0. The molecular formula is C16H21NO4. The van der Waals surface area contributed by atoms with Gasteiger partial charge in [0.05, 0.1) is 18.2 Å². The molecule has 0 bridgehead atoms. The molecule has 114 valence electrons. The summed E-state index contributed by atoms with van der Waals surface area (Å²) in [5.41, 5.74) is -0.561. The van der Waals surface area contributed by atoms with Crippen LogP contribution in [-0.4, -0.2) is 34.5 Å². The van der Waals surface area contributed by atoms with Crippen molar-refractivity contribution in [3.63, 3.8) is 0 Å². The molecule has 0 aliphatic heterocycles. The lowest BCUT2D eigenvalue weighted by Crippen LogP contribution is -2.51. The summed E-state index contributed by atoms with van der Waals surface area (Å²) in [7, 11) is 1.70. The van der Waals surface area contributed by atoms with Gasteiger partial charge in [-0.15, -0.1) is 0 Å². The Kier molecular flexibility index (Phi) is 4.83. The van der Waals surface area contributed by atoms with Gasteiger partial charge in [0.2, 0.25) is 5.91 Å². The van der Waals surface area contributed by atoms with E-state index in [9.17, 15) is 14.7 Å². The number of carbonyl (C=O) groups excluding carboxylic acids is 1. The molecule has 1 N–H and O–H groups in total. The minimum atomic E-state index is -0.855. The Morgan fingerprint density at radius 1 is 1.38 bits per heavy atom. The van der Waals surface area contributed by atoms with E-state index in [-0.39, 0.29) is 12.3 Å². The van der Waals surface area contributed by atoms with Gasteiger partial charge in [-0.1, -0.05) is 19.3 Å². The van der Waals surface area contributed by atoms with Gasteiger partial charge in [0.15, 0.2) is 0 Å². The number of carbonyl (C=O) groups is 2. The van der Waals surface area contributed by atoms with E-state index in [1.165, 1.54) is 6.08 Å². The summed E-state index contributed by atoms with van der Waals surface area (Å²) in [6.07, 6.45) is 9.12. The summed E-state index contributed by atoms with van der Waals surface area (Å²) in [6, 6.07) is 3.51. The van der Waals surface area contributed by atoms with Crippen LogP contribution in [0.1, 0.15) is 44.3 Å². The van der Waals surface area contributed by atoms with Gasteiger partial charge in [-0.05, 0) is 31.1 Å². The van der Waals surface area contributed by atoms with E-state index in [0.29, 0.717) is 5.76 Å². The number of furan rings is 1. The molecule has 0 radical (unpaired) electrons. The summed E-state index contributed by atoms with van der Waals surface area (Å²) in [5.74, 6) is -0.436. The van der Waals surface area contributed by atoms with Crippen LogP contribution in [0.3, 0.4) is 0 Å². The van der Waals surface area contributed by atoms with Gasteiger partial charge in [0.25, 0.3) is 0 Å². The van der Waals surface area contributed by atoms with Crippen LogP contribution < -0.4 is 0 Å². The number of hydrogen-bond acceptors (Lipinski definition) is 3. The zero-order valence-corrected chi connectivity index (χ0v) is 12.2. The standard InChI is InChI=1S/C16H21NO4/c1-17(14(18)8-7-13-6-5-11-21-13)16(12-15(19)20)9-3-2-4-10-16/h5-8,11H,2-4,9-10,12H2,1H3,(H,19,20). The summed E-state index contributed by atoms with van der Waals surface area (Å²) in [6.45, 7) is 0. The van der Waals surface area contributed by atoms with Gasteiger partial charge in [0, 0.05) is 13.1 Å². The molecule has 1 aromatic rings. The largest absolute Gasteiger partial charge is 0.481 e. The molecule has 1 aliphatic carbocycles. The van der Waals surface area contributed by atoms with E-state index in [1.807, 2.05) is 0 Å². The molecule has 1 amide bonds. The van der Waals surface area contributed by atoms with Crippen LogP contribution in [0.25, 0.3) is 6.08 Å². The lowest BCUT2D eigenvalue weighted by Gasteiger charge is -2.43. The predicted molar refractivity (Wildman–Crippen MR) is 78.6 cm³/mol. The number of rotatable bonds is 5. The maximum absolute atomic E-state index is 12.3. The Balaban J connectivity index is 2.11. The topological polar surface area (TPSA) is 70.8 Å². The molecule has 0 saturated heterocycles. The van der Waals surface area contributed by atoms with Gasteiger partial charge in [0.1, 0.15) is 5.76 Å². The molecule has 1 heterocycles. The molecule has 1 aliphatic rings. The SMILES string of the molecule is CN(C(=O)C=Cc1ccco1)C1(CC(=O)O)CCCCC1. The second-order valence-electron chi connectivity index (χ2n) is 5.60. The molecule has 1 fully saturated rings. The fourth-order valence-corrected chi connectivity index (χ4v) is 3.01. The highest BCUT2D eigenvalue weighted by molar-refractivity contribution is 5.92. The molecule has 2 rings (SSSR count). The van der Waals surface area contributed by atoms with Crippen LogP contribution in [0.5, 0.6) is 0 Å². The van der Waals surface area contributed by atoms with Crippen molar-refractivity contribution in [3.8, 4) is 0 Å². The monoisotopic (exact) mass is 291 g/mol. The first-order valence-corrected chi connectivity index (χ1v) is 7.25. The molecule has 5 nitrogen and oxygen atoms in total. The Bertz CT molecular complexity index is 512. The third-order valence-corrected chi connectivity index (χ3v) is 4.24. The van der Waals surface area contributed by atoms with Crippen LogP contribution in [0.4, 0.5) is 0 Å². The first kappa shape index (κ1) is 15.4. The normalized spacial score (nSPS) is 17.8. The van der Waals surface area contributed by atoms with Crippen molar-refractivity contribution < 1.29 is 19.1 Å². The lowest BCUT2D eigenvalue weighted by atomic mass is 9.78. The number of carboxylic acids is 1. The van der Waals surface area contributed by atoms with Crippen molar-refractivity contribution in [1.29, 1.82) is 0 Å². The Morgan fingerprint density at radius 2 is 2.10 bits per heavy atom.